The molecule has 2 aromatic rings. The lowest BCUT2D eigenvalue weighted by molar-refractivity contribution is -0.274. The topological polar surface area (TPSA) is 98.1 Å². The molecule has 0 bridgehead atoms. The normalized spacial score (nSPS) is 16.9. The second kappa shape index (κ2) is 10.2. The molecule has 0 saturated heterocycles. The summed E-state index contributed by atoms with van der Waals surface area (Å²) in [5, 5.41) is 32.0. The number of ether oxygens (including phenoxy) is 1. The Hall–Kier alpha value is -2.08. The van der Waals surface area contributed by atoms with Gasteiger partial charge in [-0.25, -0.2) is 0 Å². The Bertz CT molecular complexity index is 991. The minimum Gasteiger partial charge on any atom is -0.404 e. The molecule has 0 amide bonds. The van der Waals surface area contributed by atoms with E-state index >= 15 is 0 Å². The molecule has 174 valence electrons. The van der Waals surface area contributed by atoms with Crippen LogP contribution in [0.2, 0.25) is 10.0 Å². The monoisotopic (exact) mass is 493 g/mol. The van der Waals surface area contributed by atoms with Gasteiger partial charge < -0.3 is 25.4 Å². The van der Waals surface area contributed by atoms with Crippen molar-refractivity contribution in [1.29, 1.82) is 0 Å². The van der Waals surface area contributed by atoms with Gasteiger partial charge >= 0.3 is 6.36 Å². The summed E-state index contributed by atoms with van der Waals surface area (Å²) in [5.41, 5.74) is 2.13. The van der Waals surface area contributed by atoms with Crippen molar-refractivity contribution in [2.24, 2.45) is 0 Å². The highest BCUT2D eigenvalue weighted by atomic mass is 35.5. The number of halogens is 5. The van der Waals surface area contributed by atoms with Crippen LogP contribution in [-0.4, -0.2) is 57.6 Å². The van der Waals surface area contributed by atoms with Gasteiger partial charge in [-0.05, 0) is 36.3 Å². The van der Waals surface area contributed by atoms with Gasteiger partial charge in [0.15, 0.2) is 6.35 Å². The molecule has 7 nitrogen and oxygen atoms in total. The molecule has 4 N–H and O–H groups in total. The molecule has 1 aliphatic rings. The van der Waals surface area contributed by atoms with E-state index in [2.05, 4.69) is 15.0 Å². The second-order valence-electron chi connectivity index (χ2n) is 6.98. The average Bonchev–Trinajstić information content (AvgIpc) is 2.74. The van der Waals surface area contributed by atoms with Gasteiger partial charge in [-0.3, -0.25) is 9.88 Å². The predicted octanol–water partition coefficient (Wildman–Crippen LogP) is 3.79. The number of anilines is 1. The molecule has 1 aliphatic heterocycles. The second-order valence-corrected chi connectivity index (χ2v) is 7.80. The predicted molar refractivity (Wildman–Crippen MR) is 113 cm³/mol. The van der Waals surface area contributed by atoms with Gasteiger partial charge in [-0.1, -0.05) is 29.3 Å². The SMILES string of the molecule is OC[C@@H](O)c1cnc(C2=CCN(C(O)Nc3ccc(OC(F)(F)F)c(Cl)c3)CC2)c(Cl)c1. The zero-order chi connectivity index (χ0) is 23.5. The lowest BCUT2D eigenvalue weighted by atomic mass is 10.0. The van der Waals surface area contributed by atoms with Crippen molar-refractivity contribution >= 4 is 34.5 Å². The molecule has 32 heavy (non-hydrogen) atoms. The number of hydrogen-bond donors (Lipinski definition) is 4. The first-order chi connectivity index (χ1) is 15.1. The number of rotatable bonds is 7. The Morgan fingerprint density at radius 2 is 1.94 bits per heavy atom. The van der Waals surface area contributed by atoms with Crippen molar-refractivity contribution in [3.63, 3.8) is 0 Å². The Morgan fingerprint density at radius 3 is 2.50 bits per heavy atom. The molecule has 0 saturated carbocycles. The fraction of sp³-hybridized carbons (Fsp3) is 0.350. The summed E-state index contributed by atoms with van der Waals surface area (Å²) >= 11 is 12.1. The van der Waals surface area contributed by atoms with Crippen LogP contribution in [0.5, 0.6) is 5.75 Å². The van der Waals surface area contributed by atoms with Gasteiger partial charge in [0.1, 0.15) is 11.9 Å². The molecule has 12 heteroatoms. The molecule has 1 aromatic carbocycles. The molecular weight excluding hydrogens is 474 g/mol. The van der Waals surface area contributed by atoms with Gasteiger partial charge in [0.05, 0.1) is 22.3 Å². The summed E-state index contributed by atoms with van der Waals surface area (Å²) < 4.78 is 40.8. The zero-order valence-electron chi connectivity index (χ0n) is 16.5. The number of aliphatic hydroxyl groups excluding tert-OH is 3. The Labute approximate surface area is 191 Å². The number of aliphatic hydroxyl groups is 3. The Kier molecular flexibility index (Phi) is 7.86. The summed E-state index contributed by atoms with van der Waals surface area (Å²) in [7, 11) is 0. The maximum Gasteiger partial charge on any atom is 0.573 e. The van der Waals surface area contributed by atoms with Gasteiger partial charge in [0, 0.05) is 30.5 Å². The maximum absolute atomic E-state index is 12.3. The van der Waals surface area contributed by atoms with Gasteiger partial charge in [0.25, 0.3) is 0 Å². The lowest BCUT2D eigenvalue weighted by Gasteiger charge is -2.31. The van der Waals surface area contributed by atoms with E-state index in [0.29, 0.717) is 41.5 Å². The number of nitrogens with zero attached hydrogens (tertiary/aromatic N) is 2. The van der Waals surface area contributed by atoms with Crippen molar-refractivity contribution in [3.05, 3.63) is 57.8 Å². The van der Waals surface area contributed by atoms with Crippen molar-refractivity contribution in [2.45, 2.75) is 25.2 Å². The number of hydrogen-bond acceptors (Lipinski definition) is 7. The van der Waals surface area contributed by atoms with Crippen molar-refractivity contribution in [1.82, 2.24) is 9.88 Å². The first-order valence-electron chi connectivity index (χ1n) is 9.45. The number of alkyl halides is 3. The first-order valence-corrected chi connectivity index (χ1v) is 10.2. The van der Waals surface area contributed by atoms with Crippen LogP contribution in [0.4, 0.5) is 18.9 Å². The highest BCUT2D eigenvalue weighted by molar-refractivity contribution is 6.32. The Balaban J connectivity index is 1.63. The molecule has 2 heterocycles. The molecular formula is C20H20Cl2F3N3O4. The van der Waals surface area contributed by atoms with E-state index < -0.39 is 31.2 Å². The van der Waals surface area contributed by atoms with Crippen LogP contribution in [0, 0.1) is 0 Å². The van der Waals surface area contributed by atoms with Gasteiger partial charge in [0.2, 0.25) is 0 Å². The molecule has 3 rings (SSSR count). The Morgan fingerprint density at radius 1 is 1.19 bits per heavy atom. The molecule has 0 fully saturated rings. The third-order valence-corrected chi connectivity index (χ3v) is 5.35. The number of pyridine rings is 1. The summed E-state index contributed by atoms with van der Waals surface area (Å²) in [6, 6.07) is 5.14. The highest BCUT2D eigenvalue weighted by Gasteiger charge is 2.32. The largest absolute Gasteiger partial charge is 0.573 e. The number of nitrogens with one attached hydrogen (secondary N) is 1. The van der Waals surface area contributed by atoms with Crippen LogP contribution in [0.1, 0.15) is 23.8 Å². The summed E-state index contributed by atoms with van der Waals surface area (Å²) in [6.07, 6.45) is -3.23. The minimum absolute atomic E-state index is 0.254. The summed E-state index contributed by atoms with van der Waals surface area (Å²) in [6.45, 7) is 0.358. The van der Waals surface area contributed by atoms with Gasteiger partial charge in [-0.2, -0.15) is 0 Å². The van der Waals surface area contributed by atoms with Crippen LogP contribution < -0.4 is 10.1 Å². The number of aromatic nitrogens is 1. The minimum atomic E-state index is -4.85. The van der Waals surface area contributed by atoms with E-state index in [1.807, 2.05) is 6.08 Å². The number of benzene rings is 1. The molecule has 0 aliphatic carbocycles. The standard InChI is InChI=1S/C20H20Cl2F3N3O4/c21-14-8-13(1-2-17(14)32-20(23,24)25)27-19(31)28-5-3-11(4-6-28)18-15(22)7-12(9-26-18)16(30)10-29/h1-3,7-9,16,19,27,29-31H,4-6,10H2/t16-,19?/m1/s1. The van der Waals surface area contributed by atoms with E-state index in [1.54, 1.807) is 11.0 Å². The van der Waals surface area contributed by atoms with Crippen LogP contribution in [0.15, 0.2) is 36.5 Å². The fourth-order valence-electron chi connectivity index (χ4n) is 3.14. The fourth-order valence-corrected chi connectivity index (χ4v) is 3.65. The lowest BCUT2D eigenvalue weighted by Crippen LogP contribution is -2.43. The van der Waals surface area contributed by atoms with Crippen LogP contribution in [-0.2, 0) is 0 Å². The molecule has 0 radical (unpaired) electrons. The quantitative estimate of drug-likeness (QED) is 0.435. The zero-order valence-corrected chi connectivity index (χ0v) is 18.0. The van der Waals surface area contributed by atoms with Crippen LogP contribution >= 0.6 is 23.2 Å². The van der Waals surface area contributed by atoms with E-state index in [9.17, 15) is 23.4 Å². The third kappa shape index (κ3) is 6.25. The molecule has 1 unspecified atom stereocenters. The van der Waals surface area contributed by atoms with Crippen molar-refractivity contribution in [2.75, 3.05) is 25.0 Å². The van der Waals surface area contributed by atoms with E-state index in [-0.39, 0.29) is 5.02 Å². The van der Waals surface area contributed by atoms with E-state index in [1.165, 1.54) is 18.3 Å². The molecule has 2 atom stereocenters. The van der Waals surface area contributed by atoms with Crippen molar-refractivity contribution in [3.8, 4) is 5.75 Å². The maximum atomic E-state index is 12.3. The van der Waals surface area contributed by atoms with E-state index in [4.69, 9.17) is 28.3 Å². The summed E-state index contributed by atoms with van der Waals surface area (Å²) in [5.74, 6) is -0.536. The summed E-state index contributed by atoms with van der Waals surface area (Å²) in [4.78, 5) is 5.97. The van der Waals surface area contributed by atoms with Gasteiger partial charge in [-0.15, -0.1) is 13.2 Å². The van der Waals surface area contributed by atoms with E-state index in [0.717, 1.165) is 11.6 Å². The third-order valence-electron chi connectivity index (χ3n) is 4.76. The molecule has 1 aromatic heterocycles. The highest BCUT2D eigenvalue weighted by Crippen LogP contribution is 2.33. The van der Waals surface area contributed by atoms with Crippen molar-refractivity contribution < 1.29 is 33.2 Å². The van der Waals surface area contributed by atoms with Crippen LogP contribution in [0.3, 0.4) is 0 Å². The first kappa shape index (κ1) is 24.6. The average molecular weight is 494 g/mol. The molecule has 0 spiro atoms. The van der Waals surface area contributed by atoms with Crippen LogP contribution in [0.25, 0.3) is 5.57 Å². The smallest absolute Gasteiger partial charge is 0.404 e.